The molecular weight excluding hydrogens is 354 g/mol. The summed E-state index contributed by atoms with van der Waals surface area (Å²) in [5, 5.41) is 2.94. The maximum atomic E-state index is 12.8. The Morgan fingerprint density at radius 1 is 1.42 bits per heavy atom. The van der Waals surface area contributed by atoms with E-state index in [0.717, 1.165) is 24.2 Å². The van der Waals surface area contributed by atoms with Gasteiger partial charge in [0.15, 0.2) is 11.5 Å². The Labute approximate surface area is 159 Å². The number of amides is 1. The number of carbonyl (C=O) groups excluding carboxylic acids is 1. The zero-order valence-corrected chi connectivity index (χ0v) is 16.2. The van der Waals surface area contributed by atoms with Gasteiger partial charge in [-0.15, -0.1) is 12.4 Å². The Hall–Kier alpha value is -1.63. The van der Waals surface area contributed by atoms with Gasteiger partial charge in [0.05, 0.1) is 6.10 Å². The van der Waals surface area contributed by atoms with Gasteiger partial charge >= 0.3 is 0 Å². The number of halogens is 1. The average molecular weight is 380 g/mol. The molecule has 142 valence electrons. The number of hydrogen-bond acceptors (Lipinski definition) is 5. The molecule has 6 nitrogen and oxygen atoms in total. The van der Waals surface area contributed by atoms with Crippen LogP contribution in [0, 0.1) is 5.41 Å². The van der Waals surface area contributed by atoms with E-state index in [2.05, 4.69) is 10.3 Å². The van der Waals surface area contributed by atoms with Crippen LogP contribution in [0.2, 0.25) is 0 Å². The Morgan fingerprint density at radius 3 is 2.77 bits per heavy atom. The van der Waals surface area contributed by atoms with E-state index in [4.69, 9.17) is 14.9 Å². The van der Waals surface area contributed by atoms with E-state index in [1.807, 2.05) is 39.0 Å². The largest absolute Gasteiger partial charge is 0.440 e. The molecule has 2 atom stereocenters. The summed E-state index contributed by atoms with van der Waals surface area (Å²) in [7, 11) is 0. The number of nitrogens with zero attached hydrogens (tertiary/aromatic N) is 1. The fraction of sp³-hybridized carbons (Fsp3) is 0.579. The Morgan fingerprint density at radius 2 is 2.15 bits per heavy atom. The van der Waals surface area contributed by atoms with Gasteiger partial charge in [-0.2, -0.15) is 0 Å². The van der Waals surface area contributed by atoms with Crippen molar-refractivity contribution in [1.82, 2.24) is 4.98 Å². The van der Waals surface area contributed by atoms with Crippen LogP contribution in [-0.4, -0.2) is 29.1 Å². The summed E-state index contributed by atoms with van der Waals surface area (Å²) in [5.41, 5.74) is 7.27. The highest BCUT2D eigenvalue weighted by molar-refractivity contribution is 6.00. The summed E-state index contributed by atoms with van der Waals surface area (Å²) >= 11 is 0. The minimum atomic E-state index is -0.942. The first kappa shape index (κ1) is 19.1. The molecule has 2 aliphatic rings. The zero-order chi connectivity index (χ0) is 17.8. The van der Waals surface area contributed by atoms with Crippen molar-refractivity contribution in [2.45, 2.75) is 57.6 Å². The van der Waals surface area contributed by atoms with Gasteiger partial charge in [0.25, 0.3) is 0 Å². The van der Waals surface area contributed by atoms with Crippen LogP contribution in [-0.2, 0) is 9.53 Å². The van der Waals surface area contributed by atoms with Crippen molar-refractivity contribution in [1.29, 1.82) is 0 Å². The van der Waals surface area contributed by atoms with Crippen molar-refractivity contribution in [2.75, 3.05) is 11.9 Å². The van der Waals surface area contributed by atoms with Gasteiger partial charge < -0.3 is 20.2 Å². The highest BCUT2D eigenvalue weighted by Gasteiger charge is 2.62. The number of hydrogen-bond donors (Lipinski definition) is 2. The molecule has 1 heterocycles. The summed E-state index contributed by atoms with van der Waals surface area (Å²) in [5.74, 6) is 1.08. The summed E-state index contributed by atoms with van der Waals surface area (Å²) in [6.07, 6.45) is 2.81. The summed E-state index contributed by atoms with van der Waals surface area (Å²) in [6.45, 7) is 6.54. The Balaban J connectivity index is 0.00000196. The molecule has 0 spiro atoms. The number of benzene rings is 1. The molecule has 1 aromatic heterocycles. The van der Waals surface area contributed by atoms with E-state index in [1.165, 1.54) is 0 Å². The van der Waals surface area contributed by atoms with Crippen molar-refractivity contribution < 1.29 is 13.9 Å². The maximum absolute atomic E-state index is 12.8. The van der Waals surface area contributed by atoms with Crippen molar-refractivity contribution in [2.24, 2.45) is 11.1 Å². The second-order valence-corrected chi connectivity index (χ2v) is 7.80. The van der Waals surface area contributed by atoms with E-state index in [1.54, 1.807) is 0 Å². The first-order chi connectivity index (χ1) is 11.8. The number of anilines is 1. The number of oxazole rings is 1. The molecule has 2 aromatic rings. The lowest BCUT2D eigenvalue weighted by Crippen LogP contribution is -2.74. The van der Waals surface area contributed by atoms with Gasteiger partial charge in [0, 0.05) is 36.1 Å². The fourth-order valence-corrected chi connectivity index (χ4v) is 3.59. The quantitative estimate of drug-likeness (QED) is 0.828. The molecule has 1 amide bonds. The first-order valence-corrected chi connectivity index (χ1v) is 8.97. The minimum absolute atomic E-state index is 0. The first-order valence-electron chi connectivity index (χ1n) is 8.97. The second-order valence-electron chi connectivity index (χ2n) is 7.80. The van der Waals surface area contributed by atoms with Gasteiger partial charge in [0.1, 0.15) is 11.1 Å². The van der Waals surface area contributed by atoms with Crippen LogP contribution >= 0.6 is 12.4 Å². The molecule has 0 radical (unpaired) electrons. The Kier molecular flexibility index (Phi) is 4.80. The van der Waals surface area contributed by atoms with Crippen molar-refractivity contribution in [3.05, 3.63) is 24.1 Å². The topological polar surface area (TPSA) is 90.4 Å². The number of ether oxygens (including phenoxy) is 1. The number of carbonyl (C=O) groups is 1. The molecule has 0 bridgehead atoms. The highest BCUT2D eigenvalue weighted by atomic mass is 35.5. The van der Waals surface area contributed by atoms with Crippen molar-refractivity contribution >= 4 is 35.1 Å². The van der Waals surface area contributed by atoms with Crippen LogP contribution in [0.4, 0.5) is 5.69 Å². The molecule has 2 unspecified atom stereocenters. The Bertz CT molecular complexity index is 831. The molecule has 2 aliphatic carbocycles. The van der Waals surface area contributed by atoms with Crippen molar-refractivity contribution in [3.8, 4) is 0 Å². The molecule has 1 aromatic carbocycles. The molecule has 2 saturated carbocycles. The summed E-state index contributed by atoms with van der Waals surface area (Å²) < 4.78 is 11.5. The van der Waals surface area contributed by atoms with E-state index >= 15 is 0 Å². The molecule has 0 aliphatic heterocycles. The summed E-state index contributed by atoms with van der Waals surface area (Å²) in [4.78, 5) is 17.3. The van der Waals surface area contributed by atoms with Crippen molar-refractivity contribution in [3.63, 3.8) is 0 Å². The number of fused-ring (bicyclic) bond motifs is 1. The standard InChI is InChI=1S/C19H25N3O3.ClH/c1-4-24-15-10-19(20,18(15,2)3)17(23)21-12-7-8-13-14(9-12)25-16(22-13)11-5-6-11;/h7-9,11,15H,4-6,10,20H2,1-3H3,(H,21,23);1H. The lowest BCUT2D eigenvalue weighted by atomic mass is 9.54. The van der Waals surface area contributed by atoms with E-state index < -0.39 is 11.0 Å². The number of nitrogens with one attached hydrogen (secondary N) is 1. The highest BCUT2D eigenvalue weighted by Crippen LogP contribution is 2.50. The fourth-order valence-electron chi connectivity index (χ4n) is 3.59. The third kappa shape index (κ3) is 2.90. The van der Waals surface area contributed by atoms with E-state index in [9.17, 15) is 4.79 Å². The minimum Gasteiger partial charge on any atom is -0.440 e. The van der Waals surface area contributed by atoms with Crippen LogP contribution < -0.4 is 11.1 Å². The molecule has 0 saturated heterocycles. The molecule has 26 heavy (non-hydrogen) atoms. The van der Waals surface area contributed by atoms with Crippen LogP contribution in [0.25, 0.3) is 11.1 Å². The van der Waals surface area contributed by atoms with Crippen LogP contribution in [0.3, 0.4) is 0 Å². The van der Waals surface area contributed by atoms with E-state index in [0.29, 0.717) is 30.2 Å². The predicted octanol–water partition coefficient (Wildman–Crippen LogP) is 3.60. The molecule has 3 N–H and O–H groups in total. The lowest BCUT2D eigenvalue weighted by molar-refractivity contribution is -0.166. The molecule has 4 rings (SSSR count). The lowest BCUT2D eigenvalue weighted by Gasteiger charge is -2.57. The average Bonchev–Trinajstić information content (AvgIpc) is 3.34. The maximum Gasteiger partial charge on any atom is 0.245 e. The van der Waals surface area contributed by atoms with Gasteiger partial charge in [-0.05, 0) is 31.9 Å². The van der Waals surface area contributed by atoms with Crippen LogP contribution in [0.1, 0.15) is 51.8 Å². The van der Waals surface area contributed by atoms with Gasteiger partial charge in [0.2, 0.25) is 5.91 Å². The van der Waals surface area contributed by atoms with Gasteiger partial charge in [-0.3, -0.25) is 4.79 Å². The number of nitrogens with two attached hydrogens (primary N) is 1. The predicted molar refractivity (Wildman–Crippen MR) is 103 cm³/mol. The molecule has 7 heteroatoms. The van der Waals surface area contributed by atoms with Crippen LogP contribution in [0.5, 0.6) is 0 Å². The normalized spacial score (nSPS) is 26.8. The molecular formula is C19H26ClN3O3. The smallest absolute Gasteiger partial charge is 0.245 e. The van der Waals surface area contributed by atoms with Crippen LogP contribution in [0.15, 0.2) is 22.6 Å². The van der Waals surface area contributed by atoms with E-state index in [-0.39, 0.29) is 24.4 Å². The molecule has 2 fully saturated rings. The third-order valence-electron chi connectivity index (χ3n) is 5.82. The van der Waals surface area contributed by atoms with Gasteiger partial charge in [-0.25, -0.2) is 4.98 Å². The second kappa shape index (κ2) is 6.51. The monoisotopic (exact) mass is 379 g/mol. The van der Waals surface area contributed by atoms with Gasteiger partial charge in [-0.1, -0.05) is 13.8 Å². The zero-order valence-electron chi connectivity index (χ0n) is 15.4. The SMILES string of the molecule is CCOC1CC(N)(C(=O)Nc2ccc3nc(C4CC4)oc3c2)C1(C)C.Cl. The number of aromatic nitrogens is 1. The summed E-state index contributed by atoms with van der Waals surface area (Å²) in [6, 6.07) is 5.54. The third-order valence-corrected chi connectivity index (χ3v) is 5.82. The number of rotatable bonds is 5.